The largest absolute Gasteiger partial charge is 0.496 e. The van der Waals surface area contributed by atoms with Gasteiger partial charge in [0.05, 0.1) is 17.1 Å². The highest BCUT2D eigenvalue weighted by atomic mass is 79.9. The molecule has 4 nitrogen and oxygen atoms in total. The van der Waals surface area contributed by atoms with Crippen molar-refractivity contribution < 1.29 is 13.9 Å². The van der Waals surface area contributed by atoms with E-state index in [0.717, 1.165) is 5.56 Å². The first-order valence-corrected chi connectivity index (χ1v) is 6.97. The summed E-state index contributed by atoms with van der Waals surface area (Å²) in [5, 5.41) is 2.65. The molecule has 0 atom stereocenters. The van der Waals surface area contributed by atoms with Gasteiger partial charge in [-0.3, -0.25) is 4.79 Å². The van der Waals surface area contributed by atoms with Gasteiger partial charge in [0.2, 0.25) is 0 Å². The number of carbonyl (C=O) groups excluding carboxylic acids is 1. The average molecular weight is 353 g/mol. The Balaban J connectivity index is 2.15. The van der Waals surface area contributed by atoms with Gasteiger partial charge in [-0.2, -0.15) is 0 Å². The number of nitrogens with two attached hydrogens (primary N) is 1. The van der Waals surface area contributed by atoms with Gasteiger partial charge < -0.3 is 15.8 Å². The van der Waals surface area contributed by atoms with E-state index in [0.29, 0.717) is 11.4 Å². The number of anilines is 1. The Morgan fingerprint density at radius 1 is 1.38 bits per heavy atom. The Morgan fingerprint density at radius 2 is 2.14 bits per heavy atom. The highest BCUT2D eigenvalue weighted by molar-refractivity contribution is 9.10. The summed E-state index contributed by atoms with van der Waals surface area (Å²) >= 11 is 3.05. The lowest BCUT2D eigenvalue weighted by molar-refractivity contribution is 0.0946. The van der Waals surface area contributed by atoms with Crippen molar-refractivity contribution in [2.75, 3.05) is 12.8 Å². The Hall–Kier alpha value is -2.08. The number of rotatable bonds is 4. The third-order valence-electron chi connectivity index (χ3n) is 2.94. The first kappa shape index (κ1) is 15.3. The molecule has 6 heteroatoms. The van der Waals surface area contributed by atoms with E-state index in [2.05, 4.69) is 21.2 Å². The number of ether oxygens (including phenoxy) is 1. The predicted octanol–water partition coefficient (Wildman–Crippen LogP) is 3.11. The molecule has 0 fully saturated rings. The van der Waals surface area contributed by atoms with E-state index in [4.69, 9.17) is 10.5 Å². The van der Waals surface area contributed by atoms with Crippen molar-refractivity contribution in [3.05, 3.63) is 57.8 Å². The molecule has 0 radical (unpaired) electrons. The van der Waals surface area contributed by atoms with Crippen LogP contribution in [0.3, 0.4) is 0 Å². The molecule has 0 unspecified atom stereocenters. The topological polar surface area (TPSA) is 64.3 Å². The monoisotopic (exact) mass is 352 g/mol. The van der Waals surface area contributed by atoms with Gasteiger partial charge >= 0.3 is 0 Å². The minimum Gasteiger partial charge on any atom is -0.496 e. The van der Waals surface area contributed by atoms with E-state index in [-0.39, 0.29) is 16.6 Å². The van der Waals surface area contributed by atoms with Crippen LogP contribution in [0, 0.1) is 5.82 Å². The second-order valence-electron chi connectivity index (χ2n) is 4.36. The van der Waals surface area contributed by atoms with E-state index in [1.165, 1.54) is 19.2 Å². The van der Waals surface area contributed by atoms with Crippen LogP contribution < -0.4 is 15.8 Å². The molecule has 1 amide bonds. The lowest BCUT2D eigenvalue weighted by atomic mass is 10.1. The molecule has 0 heterocycles. The van der Waals surface area contributed by atoms with Crippen LogP contribution in [0.4, 0.5) is 10.1 Å². The standard InChI is InChI=1S/C15H14BrFN2O2/c1-21-13-6-5-10(18)7-9(13)8-19-15(20)11-3-2-4-12(16)14(11)17/h2-7H,8,18H2,1H3,(H,19,20). The molecule has 2 aromatic carbocycles. The first-order chi connectivity index (χ1) is 10.0. The third-order valence-corrected chi connectivity index (χ3v) is 3.55. The lowest BCUT2D eigenvalue weighted by Crippen LogP contribution is -2.24. The summed E-state index contributed by atoms with van der Waals surface area (Å²) in [5.74, 6) is -0.480. The molecular formula is C15H14BrFN2O2. The maximum Gasteiger partial charge on any atom is 0.254 e. The van der Waals surface area contributed by atoms with E-state index < -0.39 is 11.7 Å². The van der Waals surface area contributed by atoms with Crippen LogP contribution in [0.1, 0.15) is 15.9 Å². The van der Waals surface area contributed by atoms with Crippen molar-refractivity contribution in [1.29, 1.82) is 0 Å². The molecule has 0 aliphatic carbocycles. The van der Waals surface area contributed by atoms with Crippen molar-refractivity contribution >= 4 is 27.5 Å². The Kier molecular flexibility index (Phi) is 4.80. The summed E-state index contributed by atoms with van der Waals surface area (Å²) in [6.45, 7) is 0.193. The number of hydrogen-bond donors (Lipinski definition) is 2. The molecule has 21 heavy (non-hydrogen) atoms. The maximum absolute atomic E-state index is 13.8. The normalized spacial score (nSPS) is 10.2. The molecule has 110 valence electrons. The smallest absolute Gasteiger partial charge is 0.254 e. The fraction of sp³-hybridized carbons (Fsp3) is 0.133. The minimum absolute atomic E-state index is 0.0211. The lowest BCUT2D eigenvalue weighted by Gasteiger charge is -2.11. The average Bonchev–Trinajstić information content (AvgIpc) is 2.47. The number of hydrogen-bond acceptors (Lipinski definition) is 3. The van der Waals surface area contributed by atoms with Crippen molar-refractivity contribution in [3.63, 3.8) is 0 Å². The van der Waals surface area contributed by atoms with Gasteiger partial charge in [-0.15, -0.1) is 0 Å². The zero-order chi connectivity index (χ0) is 15.4. The van der Waals surface area contributed by atoms with Gasteiger partial charge in [-0.05, 0) is 46.3 Å². The van der Waals surface area contributed by atoms with E-state index >= 15 is 0 Å². The number of nitrogen functional groups attached to an aromatic ring is 1. The SMILES string of the molecule is COc1ccc(N)cc1CNC(=O)c1cccc(Br)c1F. The summed E-state index contributed by atoms with van der Waals surface area (Å²) in [5.41, 5.74) is 6.98. The summed E-state index contributed by atoms with van der Waals surface area (Å²) < 4.78 is 19.3. The van der Waals surface area contributed by atoms with Gasteiger partial charge in [-0.1, -0.05) is 6.07 Å². The second-order valence-corrected chi connectivity index (χ2v) is 5.21. The van der Waals surface area contributed by atoms with Crippen LogP contribution in [0.15, 0.2) is 40.9 Å². The van der Waals surface area contributed by atoms with Gasteiger partial charge in [-0.25, -0.2) is 4.39 Å². The maximum atomic E-state index is 13.8. The summed E-state index contributed by atoms with van der Waals surface area (Å²) in [6, 6.07) is 9.69. The van der Waals surface area contributed by atoms with Crippen LogP contribution in [0.2, 0.25) is 0 Å². The van der Waals surface area contributed by atoms with Gasteiger partial charge in [0.15, 0.2) is 0 Å². The fourth-order valence-corrected chi connectivity index (χ4v) is 2.25. The van der Waals surface area contributed by atoms with E-state index in [9.17, 15) is 9.18 Å². The van der Waals surface area contributed by atoms with Crippen LogP contribution >= 0.6 is 15.9 Å². The number of nitrogens with one attached hydrogen (secondary N) is 1. The number of halogens is 2. The Morgan fingerprint density at radius 3 is 2.86 bits per heavy atom. The summed E-state index contributed by atoms with van der Waals surface area (Å²) in [6.07, 6.45) is 0. The summed E-state index contributed by atoms with van der Waals surface area (Å²) in [4.78, 5) is 12.0. The molecule has 0 bridgehead atoms. The number of benzene rings is 2. The highest BCUT2D eigenvalue weighted by Gasteiger charge is 2.14. The number of carbonyl (C=O) groups is 1. The van der Waals surface area contributed by atoms with Crippen LogP contribution in [0.25, 0.3) is 0 Å². The van der Waals surface area contributed by atoms with Crippen LogP contribution in [-0.2, 0) is 6.54 Å². The Labute approximate surface area is 130 Å². The van der Waals surface area contributed by atoms with Gasteiger partial charge in [0.25, 0.3) is 5.91 Å². The third kappa shape index (κ3) is 3.52. The molecule has 0 aromatic heterocycles. The molecule has 0 aliphatic rings. The molecule has 0 spiro atoms. The Bertz CT molecular complexity index is 677. The van der Waals surface area contributed by atoms with E-state index in [1.807, 2.05) is 0 Å². The molecule has 0 saturated carbocycles. The predicted molar refractivity (Wildman–Crippen MR) is 82.7 cm³/mol. The van der Waals surface area contributed by atoms with E-state index in [1.54, 1.807) is 24.3 Å². The van der Waals surface area contributed by atoms with Crippen LogP contribution in [0.5, 0.6) is 5.75 Å². The molecule has 0 aliphatic heterocycles. The number of methoxy groups -OCH3 is 1. The quantitative estimate of drug-likeness (QED) is 0.831. The zero-order valence-corrected chi connectivity index (χ0v) is 12.9. The first-order valence-electron chi connectivity index (χ1n) is 6.17. The van der Waals surface area contributed by atoms with Crippen molar-refractivity contribution in [1.82, 2.24) is 5.32 Å². The van der Waals surface area contributed by atoms with Crippen molar-refractivity contribution in [2.45, 2.75) is 6.54 Å². The van der Waals surface area contributed by atoms with Gasteiger partial charge in [0, 0.05) is 17.8 Å². The molecule has 0 saturated heterocycles. The zero-order valence-electron chi connectivity index (χ0n) is 11.3. The summed E-state index contributed by atoms with van der Waals surface area (Å²) in [7, 11) is 1.53. The van der Waals surface area contributed by atoms with Gasteiger partial charge in [0.1, 0.15) is 11.6 Å². The second kappa shape index (κ2) is 6.58. The molecular weight excluding hydrogens is 339 g/mol. The fourth-order valence-electron chi connectivity index (χ4n) is 1.89. The van der Waals surface area contributed by atoms with Crippen molar-refractivity contribution in [2.24, 2.45) is 0 Å². The molecule has 3 N–H and O–H groups in total. The highest BCUT2D eigenvalue weighted by Crippen LogP contribution is 2.22. The minimum atomic E-state index is -0.588. The van der Waals surface area contributed by atoms with Crippen molar-refractivity contribution in [3.8, 4) is 5.75 Å². The number of amides is 1. The van der Waals surface area contributed by atoms with Crippen LogP contribution in [-0.4, -0.2) is 13.0 Å². The molecule has 2 aromatic rings. The molecule has 2 rings (SSSR count).